The summed E-state index contributed by atoms with van der Waals surface area (Å²) in [4.78, 5) is 15.0. The first-order chi connectivity index (χ1) is 14.2. The molecule has 1 aliphatic heterocycles. The van der Waals surface area contributed by atoms with Gasteiger partial charge >= 0.3 is 0 Å². The lowest BCUT2D eigenvalue weighted by Crippen LogP contribution is -2.50. The summed E-state index contributed by atoms with van der Waals surface area (Å²) in [6.07, 6.45) is 0. The van der Waals surface area contributed by atoms with E-state index < -0.39 is 10.0 Å². The van der Waals surface area contributed by atoms with Crippen LogP contribution in [-0.2, 0) is 21.4 Å². The lowest BCUT2D eigenvalue weighted by molar-refractivity contribution is -0.132. The Morgan fingerprint density at radius 1 is 1.00 bits per heavy atom. The van der Waals surface area contributed by atoms with Crippen molar-refractivity contribution in [3.63, 3.8) is 0 Å². The van der Waals surface area contributed by atoms with Gasteiger partial charge in [-0.05, 0) is 44.4 Å². The van der Waals surface area contributed by atoms with Gasteiger partial charge in [0.05, 0.1) is 11.4 Å². The molecule has 1 fully saturated rings. The zero-order valence-corrected chi connectivity index (χ0v) is 19.1. The molecule has 7 heteroatoms. The Bertz CT molecular complexity index is 1000. The number of benzene rings is 2. The number of hydrogen-bond acceptors (Lipinski definition) is 4. The highest BCUT2D eigenvalue weighted by molar-refractivity contribution is 7.89. The Labute approximate surface area is 179 Å². The first kappa shape index (κ1) is 22.5. The normalized spacial score (nSPS) is 14.9. The van der Waals surface area contributed by atoms with Crippen LogP contribution < -0.4 is 5.32 Å². The molecule has 0 aliphatic carbocycles. The van der Waals surface area contributed by atoms with Crippen molar-refractivity contribution in [2.45, 2.75) is 39.1 Å². The van der Waals surface area contributed by atoms with Crippen LogP contribution in [0.25, 0.3) is 0 Å². The topological polar surface area (TPSA) is 69.7 Å². The molecule has 0 radical (unpaired) electrons. The fourth-order valence-electron chi connectivity index (χ4n) is 4.11. The minimum Gasteiger partial charge on any atom is -0.339 e. The minimum atomic E-state index is -3.85. The monoisotopic (exact) mass is 429 g/mol. The number of nitrogens with zero attached hydrogens (tertiary/aromatic N) is 2. The average Bonchev–Trinajstić information content (AvgIpc) is 2.67. The molecule has 0 bridgehead atoms. The van der Waals surface area contributed by atoms with Gasteiger partial charge in [-0.3, -0.25) is 4.79 Å². The van der Waals surface area contributed by atoms with Gasteiger partial charge < -0.3 is 10.2 Å². The number of aryl methyl sites for hydroxylation is 4. The summed E-state index contributed by atoms with van der Waals surface area (Å²) in [7, 11) is -3.85. The van der Waals surface area contributed by atoms with Crippen molar-refractivity contribution in [2.75, 3.05) is 32.7 Å². The maximum atomic E-state index is 13.7. The number of sulfonamides is 1. The van der Waals surface area contributed by atoms with E-state index in [0.29, 0.717) is 29.1 Å². The molecule has 0 saturated carbocycles. The summed E-state index contributed by atoms with van der Waals surface area (Å²) in [5.41, 5.74) is 4.36. The summed E-state index contributed by atoms with van der Waals surface area (Å²) in [6, 6.07) is 11.5. The summed E-state index contributed by atoms with van der Waals surface area (Å²) >= 11 is 0. The third-order valence-corrected chi connectivity index (χ3v) is 7.52. The second-order valence-corrected chi connectivity index (χ2v) is 10.00. The molecule has 1 heterocycles. The average molecular weight is 430 g/mol. The second-order valence-electron chi connectivity index (χ2n) is 8.12. The fraction of sp³-hybridized carbons (Fsp3) is 0.435. The molecule has 1 aliphatic rings. The quantitative estimate of drug-likeness (QED) is 0.766. The molecule has 1 amide bonds. The molecule has 3 rings (SSSR count). The number of amides is 1. The van der Waals surface area contributed by atoms with E-state index in [1.54, 1.807) is 4.90 Å². The van der Waals surface area contributed by atoms with Crippen molar-refractivity contribution >= 4 is 15.9 Å². The van der Waals surface area contributed by atoms with Crippen molar-refractivity contribution < 1.29 is 13.2 Å². The van der Waals surface area contributed by atoms with E-state index in [4.69, 9.17) is 0 Å². The number of piperazine rings is 1. The third-order valence-electron chi connectivity index (χ3n) is 5.43. The predicted octanol–water partition coefficient (Wildman–Crippen LogP) is 2.54. The molecule has 30 heavy (non-hydrogen) atoms. The summed E-state index contributed by atoms with van der Waals surface area (Å²) in [5, 5.41) is 3.22. The van der Waals surface area contributed by atoms with Crippen LogP contribution in [0.3, 0.4) is 0 Å². The highest BCUT2D eigenvalue weighted by atomic mass is 32.2. The molecule has 162 valence electrons. The summed E-state index contributed by atoms with van der Waals surface area (Å²) in [5.74, 6) is -0.157. The van der Waals surface area contributed by atoms with E-state index in [2.05, 4.69) is 5.32 Å². The largest absolute Gasteiger partial charge is 0.339 e. The third kappa shape index (κ3) is 5.09. The van der Waals surface area contributed by atoms with E-state index in [0.717, 1.165) is 29.8 Å². The highest BCUT2D eigenvalue weighted by Gasteiger charge is 2.31. The number of carbonyl (C=O) groups is 1. The van der Waals surface area contributed by atoms with Gasteiger partial charge in [0.15, 0.2) is 0 Å². The van der Waals surface area contributed by atoms with Crippen LogP contribution in [0.2, 0.25) is 0 Å². The van der Waals surface area contributed by atoms with E-state index in [9.17, 15) is 13.2 Å². The first-order valence-corrected chi connectivity index (χ1v) is 11.7. The van der Waals surface area contributed by atoms with Crippen molar-refractivity contribution in [1.82, 2.24) is 14.5 Å². The molecule has 6 nitrogen and oxygen atoms in total. The minimum absolute atomic E-state index is 0.157. The molecule has 2 aromatic carbocycles. The maximum Gasteiger partial charge on any atom is 0.244 e. The Morgan fingerprint density at radius 2 is 1.63 bits per heavy atom. The molecule has 1 N–H and O–H groups in total. The number of carbonyl (C=O) groups excluding carboxylic acids is 1. The van der Waals surface area contributed by atoms with Gasteiger partial charge in [-0.1, -0.05) is 47.5 Å². The second kappa shape index (κ2) is 9.29. The lowest BCUT2D eigenvalue weighted by atomic mass is 10.1. The maximum absolute atomic E-state index is 13.7. The van der Waals surface area contributed by atoms with Gasteiger partial charge in [-0.15, -0.1) is 0 Å². The Balaban J connectivity index is 1.98. The summed E-state index contributed by atoms with van der Waals surface area (Å²) < 4.78 is 28.8. The predicted molar refractivity (Wildman–Crippen MR) is 119 cm³/mol. The van der Waals surface area contributed by atoms with Gasteiger partial charge in [0, 0.05) is 32.7 Å². The van der Waals surface area contributed by atoms with Gasteiger partial charge in [0.25, 0.3) is 0 Å². The Morgan fingerprint density at radius 3 is 2.23 bits per heavy atom. The van der Waals surface area contributed by atoms with Crippen LogP contribution in [0.15, 0.2) is 41.3 Å². The van der Waals surface area contributed by atoms with Crippen LogP contribution in [0, 0.1) is 27.7 Å². The molecular formula is C23H31N3O3S. The van der Waals surface area contributed by atoms with Gasteiger partial charge in [0.1, 0.15) is 0 Å². The molecule has 0 aromatic heterocycles. The fourth-order valence-corrected chi connectivity index (χ4v) is 5.90. The van der Waals surface area contributed by atoms with Crippen LogP contribution in [0.4, 0.5) is 0 Å². The molecule has 0 atom stereocenters. The first-order valence-electron chi connectivity index (χ1n) is 10.3. The molecular weight excluding hydrogens is 398 g/mol. The van der Waals surface area contributed by atoms with Gasteiger partial charge in [-0.2, -0.15) is 4.31 Å². The smallest absolute Gasteiger partial charge is 0.244 e. The van der Waals surface area contributed by atoms with Crippen molar-refractivity contribution in [1.29, 1.82) is 0 Å². The molecule has 2 aromatic rings. The van der Waals surface area contributed by atoms with E-state index in [-0.39, 0.29) is 19.0 Å². The van der Waals surface area contributed by atoms with Crippen molar-refractivity contribution in [3.8, 4) is 0 Å². The van der Waals surface area contributed by atoms with Crippen LogP contribution >= 0.6 is 0 Å². The number of hydrogen-bond donors (Lipinski definition) is 1. The van der Waals surface area contributed by atoms with E-state index in [1.165, 1.54) is 4.31 Å². The summed E-state index contributed by atoms with van der Waals surface area (Å²) in [6.45, 7) is 10.2. The van der Waals surface area contributed by atoms with Crippen LogP contribution in [0.1, 0.15) is 27.8 Å². The van der Waals surface area contributed by atoms with Crippen LogP contribution in [-0.4, -0.2) is 56.3 Å². The van der Waals surface area contributed by atoms with Gasteiger partial charge in [0.2, 0.25) is 15.9 Å². The Kier molecular flexibility index (Phi) is 6.95. The van der Waals surface area contributed by atoms with E-state index >= 15 is 0 Å². The molecule has 0 unspecified atom stereocenters. The standard InChI is InChI=1S/C23H31N3O3S/c1-17-6-5-7-21(14-17)15-26(16-22(27)25-10-8-24-9-11-25)30(28,29)23-19(3)12-18(2)13-20(23)4/h5-7,12-14,24H,8-11,15-16H2,1-4H3. The number of rotatable bonds is 6. The highest BCUT2D eigenvalue weighted by Crippen LogP contribution is 2.26. The van der Waals surface area contributed by atoms with Crippen molar-refractivity contribution in [3.05, 3.63) is 64.2 Å². The Hall–Kier alpha value is -2.22. The molecule has 0 spiro atoms. The van der Waals surface area contributed by atoms with Crippen LogP contribution in [0.5, 0.6) is 0 Å². The van der Waals surface area contributed by atoms with Gasteiger partial charge in [-0.25, -0.2) is 8.42 Å². The molecule has 1 saturated heterocycles. The zero-order chi connectivity index (χ0) is 21.9. The number of nitrogens with one attached hydrogen (secondary N) is 1. The van der Waals surface area contributed by atoms with E-state index in [1.807, 2.05) is 64.1 Å². The SMILES string of the molecule is Cc1cccc(CN(CC(=O)N2CCNCC2)S(=O)(=O)c2c(C)cc(C)cc2C)c1. The lowest BCUT2D eigenvalue weighted by Gasteiger charge is -2.30. The zero-order valence-electron chi connectivity index (χ0n) is 18.2. The van der Waals surface area contributed by atoms with Crippen molar-refractivity contribution in [2.24, 2.45) is 0 Å².